The van der Waals surface area contributed by atoms with E-state index in [0.717, 1.165) is 12.2 Å². The largest absolute Gasteiger partial charge is 0.460 e. The van der Waals surface area contributed by atoms with Gasteiger partial charge >= 0.3 is 5.97 Å². The third kappa shape index (κ3) is 2.99. The van der Waals surface area contributed by atoms with Crippen LogP contribution in [0.2, 0.25) is 0 Å². The molecule has 0 spiro atoms. The highest BCUT2D eigenvalue weighted by molar-refractivity contribution is 6.34. The Morgan fingerprint density at radius 3 is 1.86 bits per heavy atom. The first-order valence-electron chi connectivity index (χ1n) is 5.82. The van der Waals surface area contributed by atoms with E-state index in [0.29, 0.717) is 0 Å². The first-order valence-corrected chi connectivity index (χ1v) is 6.20. The zero-order valence-corrected chi connectivity index (χ0v) is 11.8. The second-order valence-electron chi connectivity index (χ2n) is 4.13. The maximum absolute atomic E-state index is 13.8. The first-order chi connectivity index (χ1) is 10.2. The lowest BCUT2D eigenvalue weighted by atomic mass is 9.93. The van der Waals surface area contributed by atoms with Crippen molar-refractivity contribution in [3.63, 3.8) is 0 Å². The van der Waals surface area contributed by atoms with E-state index in [1.54, 1.807) is 0 Å². The minimum absolute atomic E-state index is 0.361. The monoisotopic (exact) mass is 340 g/mol. The minimum Gasteiger partial charge on any atom is -0.460 e. The van der Waals surface area contributed by atoms with Crippen molar-refractivity contribution in [2.24, 2.45) is 0 Å². The molecule has 0 fully saturated rings. The van der Waals surface area contributed by atoms with Crippen LogP contribution >= 0.6 is 11.6 Å². The molecule has 0 bridgehead atoms. The first kappa shape index (κ1) is 18.2. The number of esters is 1. The van der Waals surface area contributed by atoms with Crippen LogP contribution in [0.1, 0.15) is 12.0 Å². The molecular weight excluding hydrogens is 331 g/mol. The quantitative estimate of drug-likeness (QED) is 0.194. The number of allylic oxidation sites excluding steroid dienone is 1. The van der Waals surface area contributed by atoms with Gasteiger partial charge < -0.3 is 4.74 Å². The van der Waals surface area contributed by atoms with Crippen LogP contribution in [0, 0.1) is 29.1 Å². The highest BCUT2D eigenvalue weighted by atomic mass is 35.5. The average molecular weight is 341 g/mol. The topological polar surface area (TPSA) is 26.3 Å². The lowest BCUT2D eigenvalue weighted by Gasteiger charge is -2.25. The smallest absolute Gasteiger partial charge is 0.332 e. The van der Waals surface area contributed by atoms with Gasteiger partial charge in [-0.25, -0.2) is 26.7 Å². The SMILES string of the molecule is C=CCOC(=O)C(Cl)(CC=C)c1c(F)c(F)c(F)c(F)c1F. The number of alkyl halides is 1. The molecule has 0 radical (unpaired) electrons. The minimum atomic E-state index is -2.64. The van der Waals surface area contributed by atoms with E-state index in [4.69, 9.17) is 11.6 Å². The van der Waals surface area contributed by atoms with E-state index >= 15 is 0 Å². The summed E-state index contributed by atoms with van der Waals surface area (Å²) in [4.78, 5) is 9.26. The third-order valence-electron chi connectivity index (χ3n) is 2.69. The number of hydrogen-bond acceptors (Lipinski definition) is 2. The molecule has 1 atom stereocenters. The van der Waals surface area contributed by atoms with E-state index in [9.17, 15) is 26.7 Å². The summed E-state index contributed by atoms with van der Waals surface area (Å²) in [6.45, 7) is 6.13. The Hall–Kier alpha value is -1.89. The maximum atomic E-state index is 13.8. The molecule has 0 aliphatic carbocycles. The molecule has 1 rings (SSSR count). The van der Waals surface area contributed by atoms with E-state index in [1.165, 1.54) is 0 Å². The van der Waals surface area contributed by atoms with E-state index in [1.807, 2.05) is 0 Å². The number of halogens is 6. The second kappa shape index (κ2) is 6.91. The molecule has 2 nitrogen and oxygen atoms in total. The van der Waals surface area contributed by atoms with Gasteiger partial charge in [-0.05, 0) is 6.42 Å². The highest BCUT2D eigenvalue weighted by Crippen LogP contribution is 2.40. The van der Waals surface area contributed by atoms with Gasteiger partial charge in [0.2, 0.25) is 5.82 Å². The molecule has 120 valence electrons. The molecule has 0 saturated heterocycles. The Morgan fingerprint density at radius 2 is 1.45 bits per heavy atom. The van der Waals surface area contributed by atoms with Crippen molar-refractivity contribution in [1.29, 1.82) is 0 Å². The Bertz CT molecular complexity index is 603. The molecule has 0 heterocycles. The predicted octanol–water partition coefficient (Wildman–Crippen LogP) is 4.12. The number of carbonyl (C=O) groups excluding carboxylic acids is 1. The summed E-state index contributed by atoms with van der Waals surface area (Å²) in [6.07, 6.45) is 1.50. The summed E-state index contributed by atoms with van der Waals surface area (Å²) < 4.78 is 71.9. The molecule has 0 saturated carbocycles. The molecule has 1 aromatic rings. The Kier molecular flexibility index (Phi) is 5.71. The third-order valence-corrected chi connectivity index (χ3v) is 3.19. The molecule has 8 heteroatoms. The fourth-order valence-corrected chi connectivity index (χ4v) is 2.02. The molecule has 0 aromatic heterocycles. The van der Waals surface area contributed by atoms with Gasteiger partial charge in [-0.1, -0.05) is 18.7 Å². The molecular formula is C14H10ClF5O2. The van der Waals surface area contributed by atoms with Crippen LogP contribution < -0.4 is 0 Å². The number of rotatable bonds is 6. The summed E-state index contributed by atoms with van der Waals surface area (Å²) in [5.74, 6) is -12.6. The zero-order valence-electron chi connectivity index (χ0n) is 11.1. The lowest BCUT2D eigenvalue weighted by Crippen LogP contribution is -2.34. The van der Waals surface area contributed by atoms with Crippen molar-refractivity contribution < 1.29 is 31.5 Å². The predicted molar refractivity (Wildman–Crippen MR) is 69.7 cm³/mol. The van der Waals surface area contributed by atoms with Crippen molar-refractivity contribution in [2.75, 3.05) is 6.61 Å². The molecule has 0 amide bonds. The van der Waals surface area contributed by atoms with Crippen LogP contribution in [-0.4, -0.2) is 12.6 Å². The van der Waals surface area contributed by atoms with E-state index < -0.39 is 51.9 Å². The van der Waals surface area contributed by atoms with Crippen LogP contribution in [0.15, 0.2) is 25.3 Å². The van der Waals surface area contributed by atoms with Crippen molar-refractivity contribution in [1.82, 2.24) is 0 Å². The maximum Gasteiger partial charge on any atom is 0.332 e. The van der Waals surface area contributed by atoms with Gasteiger partial charge in [0, 0.05) is 0 Å². The molecule has 1 aromatic carbocycles. The summed E-state index contributed by atoms with van der Waals surface area (Å²) in [6, 6.07) is 0. The van der Waals surface area contributed by atoms with Crippen molar-refractivity contribution in [3.05, 3.63) is 60.0 Å². The van der Waals surface area contributed by atoms with E-state index in [2.05, 4.69) is 17.9 Å². The van der Waals surface area contributed by atoms with Crippen LogP contribution in [0.5, 0.6) is 0 Å². The fraction of sp³-hybridized carbons (Fsp3) is 0.214. The van der Waals surface area contributed by atoms with Crippen LogP contribution in [-0.2, 0) is 14.4 Å². The highest BCUT2D eigenvalue weighted by Gasteiger charge is 2.46. The summed E-state index contributed by atoms with van der Waals surface area (Å²) in [5, 5.41) is 0. The molecule has 0 aliphatic heterocycles. The Morgan fingerprint density at radius 1 is 1.00 bits per heavy atom. The number of benzene rings is 1. The number of ether oxygens (including phenoxy) is 1. The second-order valence-corrected chi connectivity index (χ2v) is 4.77. The normalized spacial score (nSPS) is 13.4. The van der Waals surface area contributed by atoms with E-state index in [-0.39, 0.29) is 6.61 Å². The average Bonchev–Trinajstić information content (AvgIpc) is 2.48. The number of carbonyl (C=O) groups is 1. The lowest BCUT2D eigenvalue weighted by molar-refractivity contribution is -0.146. The molecule has 1 unspecified atom stereocenters. The zero-order chi connectivity index (χ0) is 17.1. The molecule has 0 N–H and O–H groups in total. The van der Waals surface area contributed by atoms with Gasteiger partial charge in [-0.15, -0.1) is 18.2 Å². The van der Waals surface area contributed by atoms with Crippen LogP contribution in [0.3, 0.4) is 0 Å². The standard InChI is InChI=1S/C14H10ClF5O2/c1-3-5-14(15,13(21)22-6-4-2)7-8(16)10(18)12(20)11(19)9(7)17/h3-4H,1-2,5-6H2. The molecule has 0 aliphatic rings. The Labute approximate surface area is 127 Å². The molecule has 22 heavy (non-hydrogen) atoms. The van der Waals surface area contributed by atoms with Gasteiger partial charge in [0.1, 0.15) is 6.61 Å². The van der Waals surface area contributed by atoms with Gasteiger partial charge in [0.25, 0.3) is 0 Å². The fourth-order valence-electron chi connectivity index (χ4n) is 1.69. The summed E-state index contributed by atoms with van der Waals surface area (Å²) in [7, 11) is 0. The van der Waals surface area contributed by atoms with Crippen molar-refractivity contribution in [3.8, 4) is 0 Å². The van der Waals surface area contributed by atoms with Gasteiger partial charge in [-0.2, -0.15) is 0 Å². The summed E-state index contributed by atoms with van der Waals surface area (Å²) >= 11 is 5.84. The van der Waals surface area contributed by atoms with Gasteiger partial charge in [0.15, 0.2) is 28.1 Å². The summed E-state index contributed by atoms with van der Waals surface area (Å²) in [5.41, 5.74) is -1.49. The van der Waals surface area contributed by atoms with Gasteiger partial charge in [0.05, 0.1) is 5.56 Å². The van der Waals surface area contributed by atoms with Crippen LogP contribution in [0.25, 0.3) is 0 Å². The Balaban J connectivity index is 3.61. The van der Waals surface area contributed by atoms with Crippen molar-refractivity contribution in [2.45, 2.75) is 11.3 Å². The van der Waals surface area contributed by atoms with Gasteiger partial charge in [-0.3, -0.25) is 0 Å². The van der Waals surface area contributed by atoms with Crippen molar-refractivity contribution >= 4 is 17.6 Å². The van der Waals surface area contributed by atoms with Crippen LogP contribution in [0.4, 0.5) is 22.0 Å². The number of hydrogen-bond donors (Lipinski definition) is 0.